The molecule has 0 amide bonds. The van der Waals surface area contributed by atoms with Crippen LogP contribution in [0, 0.1) is 0 Å². The molecule has 0 aliphatic heterocycles. The Morgan fingerprint density at radius 3 is 2.33 bits per heavy atom. The molecule has 1 atom stereocenters. The first-order chi connectivity index (χ1) is 7.20. The minimum absolute atomic E-state index is 0.178. The number of ketones is 2. The predicted octanol–water partition coefficient (Wildman–Crippen LogP) is 3.45. The van der Waals surface area contributed by atoms with E-state index in [0.29, 0.717) is 24.4 Å². The van der Waals surface area contributed by atoms with E-state index >= 15 is 0 Å². The lowest BCUT2D eigenvalue weighted by molar-refractivity contribution is -0.120. The van der Waals surface area contributed by atoms with Crippen molar-refractivity contribution in [1.82, 2.24) is 0 Å². The number of carbonyl (C=O) groups excluding carboxylic acids is 2. The van der Waals surface area contributed by atoms with Crippen molar-refractivity contribution in [3.05, 3.63) is 0 Å². The average molecular weight is 322 g/mol. The Bertz CT molecular complexity index is 226. The molecule has 0 heterocycles. The highest BCUT2D eigenvalue weighted by Crippen LogP contribution is 2.18. The first-order valence-electron chi connectivity index (χ1n) is 5.88. The lowest BCUT2D eigenvalue weighted by atomic mass is 10.00. The summed E-state index contributed by atoms with van der Waals surface area (Å²) in [5, 5.41) is 0. The minimum atomic E-state index is 0.178. The smallest absolute Gasteiger partial charge is 0.145 e. The predicted molar refractivity (Wildman–Crippen MR) is 69.4 cm³/mol. The van der Waals surface area contributed by atoms with Crippen LogP contribution in [0.3, 0.4) is 0 Å². The first-order valence-corrected chi connectivity index (χ1v) is 7.13. The third-order valence-electron chi connectivity index (χ3n) is 2.89. The fourth-order valence-electron chi connectivity index (χ4n) is 1.90. The fourth-order valence-corrected chi connectivity index (χ4v) is 2.65. The van der Waals surface area contributed by atoms with E-state index in [1.807, 2.05) is 0 Å². The SMILES string of the molecule is O=C1CCCCCCC(I)C(=O)CCC1. The molecule has 0 aromatic carbocycles. The molecule has 86 valence electrons. The molecule has 0 aromatic rings. The van der Waals surface area contributed by atoms with E-state index in [0.717, 1.165) is 38.5 Å². The maximum Gasteiger partial charge on any atom is 0.145 e. The Labute approximate surface area is 105 Å². The molecule has 0 saturated heterocycles. The van der Waals surface area contributed by atoms with E-state index in [4.69, 9.17) is 0 Å². The lowest BCUT2D eigenvalue weighted by Gasteiger charge is -2.10. The van der Waals surface area contributed by atoms with Crippen LogP contribution in [0.25, 0.3) is 0 Å². The molecule has 0 radical (unpaired) electrons. The van der Waals surface area contributed by atoms with Crippen molar-refractivity contribution in [2.45, 2.75) is 61.7 Å². The summed E-state index contributed by atoms with van der Waals surface area (Å²) in [7, 11) is 0. The van der Waals surface area contributed by atoms with Gasteiger partial charge in [0.15, 0.2) is 0 Å². The molecule has 0 aromatic heterocycles. The monoisotopic (exact) mass is 322 g/mol. The normalized spacial score (nSPS) is 26.9. The lowest BCUT2D eigenvalue weighted by Crippen LogP contribution is -2.14. The summed E-state index contributed by atoms with van der Waals surface area (Å²) in [4.78, 5) is 23.0. The zero-order chi connectivity index (χ0) is 11.1. The van der Waals surface area contributed by atoms with Gasteiger partial charge in [0.25, 0.3) is 0 Å². The van der Waals surface area contributed by atoms with E-state index in [9.17, 15) is 9.59 Å². The molecule has 1 fully saturated rings. The molecule has 15 heavy (non-hydrogen) atoms. The second-order valence-corrected chi connectivity index (χ2v) is 5.78. The van der Waals surface area contributed by atoms with Gasteiger partial charge >= 0.3 is 0 Å². The largest absolute Gasteiger partial charge is 0.300 e. The molecule has 1 rings (SSSR count). The van der Waals surface area contributed by atoms with Crippen molar-refractivity contribution in [2.24, 2.45) is 0 Å². The standard InChI is InChI=1S/C12H19IO2/c13-11-8-4-2-1-3-6-10(14)7-5-9-12(11)15/h11H,1-9H2. The van der Waals surface area contributed by atoms with Gasteiger partial charge in [-0.25, -0.2) is 0 Å². The number of carbonyl (C=O) groups is 2. The van der Waals surface area contributed by atoms with E-state index in [1.54, 1.807) is 0 Å². The van der Waals surface area contributed by atoms with Crippen LogP contribution in [0.4, 0.5) is 0 Å². The van der Waals surface area contributed by atoms with Crippen LogP contribution in [-0.2, 0) is 9.59 Å². The van der Waals surface area contributed by atoms with Crippen molar-refractivity contribution >= 4 is 34.2 Å². The number of alkyl halides is 1. The van der Waals surface area contributed by atoms with Crippen LogP contribution in [0.5, 0.6) is 0 Å². The summed E-state index contributed by atoms with van der Waals surface area (Å²) >= 11 is 2.25. The van der Waals surface area contributed by atoms with E-state index in [1.165, 1.54) is 6.42 Å². The highest BCUT2D eigenvalue weighted by Gasteiger charge is 2.15. The van der Waals surface area contributed by atoms with Crippen LogP contribution in [0.2, 0.25) is 0 Å². The first kappa shape index (κ1) is 13.1. The van der Waals surface area contributed by atoms with Gasteiger partial charge in [0.2, 0.25) is 0 Å². The number of hydrogen-bond donors (Lipinski definition) is 0. The van der Waals surface area contributed by atoms with Crippen molar-refractivity contribution in [3.8, 4) is 0 Å². The highest BCUT2D eigenvalue weighted by atomic mass is 127. The Kier molecular flexibility index (Phi) is 6.45. The number of halogens is 1. The summed E-state index contributed by atoms with van der Waals surface area (Å²) in [6.07, 6.45) is 8.19. The summed E-state index contributed by atoms with van der Waals surface area (Å²) in [6.45, 7) is 0. The summed E-state index contributed by atoms with van der Waals surface area (Å²) in [6, 6.07) is 0. The van der Waals surface area contributed by atoms with Gasteiger partial charge in [0.1, 0.15) is 11.6 Å². The molecule has 0 spiro atoms. The zero-order valence-electron chi connectivity index (χ0n) is 9.14. The molecule has 2 nitrogen and oxygen atoms in total. The summed E-state index contributed by atoms with van der Waals surface area (Å²) < 4.78 is 0.178. The molecule has 3 heteroatoms. The van der Waals surface area contributed by atoms with Gasteiger partial charge in [-0.3, -0.25) is 9.59 Å². The number of hydrogen-bond acceptors (Lipinski definition) is 2. The molecule has 0 bridgehead atoms. The van der Waals surface area contributed by atoms with Crippen molar-refractivity contribution < 1.29 is 9.59 Å². The molecule has 1 aliphatic carbocycles. The maximum absolute atomic E-state index is 11.6. The van der Waals surface area contributed by atoms with Crippen LogP contribution in [0.15, 0.2) is 0 Å². The van der Waals surface area contributed by atoms with Gasteiger partial charge < -0.3 is 0 Å². The topological polar surface area (TPSA) is 34.1 Å². The second kappa shape index (κ2) is 7.36. The quantitative estimate of drug-likeness (QED) is 0.506. The van der Waals surface area contributed by atoms with E-state index in [-0.39, 0.29) is 3.92 Å². The van der Waals surface area contributed by atoms with E-state index < -0.39 is 0 Å². The zero-order valence-corrected chi connectivity index (χ0v) is 11.3. The molecular formula is C12H19IO2. The molecular weight excluding hydrogens is 303 g/mol. The van der Waals surface area contributed by atoms with E-state index in [2.05, 4.69) is 22.6 Å². The minimum Gasteiger partial charge on any atom is -0.300 e. The molecule has 1 unspecified atom stereocenters. The van der Waals surface area contributed by atoms with Gasteiger partial charge in [-0.2, -0.15) is 0 Å². The van der Waals surface area contributed by atoms with Crippen molar-refractivity contribution in [1.29, 1.82) is 0 Å². The Morgan fingerprint density at radius 1 is 0.867 bits per heavy atom. The highest BCUT2D eigenvalue weighted by molar-refractivity contribution is 14.1. The van der Waals surface area contributed by atoms with Crippen LogP contribution < -0.4 is 0 Å². The van der Waals surface area contributed by atoms with Gasteiger partial charge in [-0.15, -0.1) is 0 Å². The van der Waals surface area contributed by atoms with Crippen LogP contribution >= 0.6 is 22.6 Å². The third-order valence-corrected chi connectivity index (χ3v) is 4.21. The Hall–Kier alpha value is 0.0700. The van der Waals surface area contributed by atoms with Gasteiger partial charge in [-0.1, -0.05) is 41.9 Å². The summed E-state index contributed by atoms with van der Waals surface area (Å²) in [5.41, 5.74) is 0. The van der Waals surface area contributed by atoms with Gasteiger partial charge in [0, 0.05) is 19.3 Å². The van der Waals surface area contributed by atoms with Crippen LogP contribution in [-0.4, -0.2) is 15.5 Å². The van der Waals surface area contributed by atoms with Crippen molar-refractivity contribution in [3.63, 3.8) is 0 Å². The molecule has 1 aliphatic rings. The number of Topliss-reactive ketones (excluding diaryl/α,β-unsaturated/α-hetero) is 2. The van der Waals surface area contributed by atoms with Crippen LogP contribution in [0.1, 0.15) is 57.8 Å². The third kappa shape index (κ3) is 5.64. The second-order valence-electron chi connectivity index (χ2n) is 4.28. The Balaban J connectivity index is 2.38. The summed E-state index contributed by atoms with van der Waals surface area (Å²) in [5.74, 6) is 0.678. The van der Waals surface area contributed by atoms with Crippen molar-refractivity contribution in [2.75, 3.05) is 0 Å². The van der Waals surface area contributed by atoms with Gasteiger partial charge in [0.05, 0.1) is 3.92 Å². The maximum atomic E-state index is 11.6. The molecule has 1 saturated carbocycles. The Morgan fingerprint density at radius 2 is 1.53 bits per heavy atom. The molecule has 0 N–H and O–H groups in total. The number of rotatable bonds is 0. The fraction of sp³-hybridized carbons (Fsp3) is 0.833. The van der Waals surface area contributed by atoms with Gasteiger partial charge in [-0.05, 0) is 19.3 Å². The average Bonchev–Trinajstić information content (AvgIpc) is 2.21.